The zero-order valence-corrected chi connectivity index (χ0v) is 15.1. The molecular formula is C20H11N3O7. The molecule has 0 aliphatic carbocycles. The second-order valence-corrected chi connectivity index (χ2v) is 6.74. The average molecular weight is 405 g/mol. The molecule has 10 heteroatoms. The van der Waals surface area contributed by atoms with Gasteiger partial charge in [-0.05, 0) is 24.3 Å². The van der Waals surface area contributed by atoms with E-state index < -0.39 is 34.2 Å². The van der Waals surface area contributed by atoms with Crippen LogP contribution in [0.25, 0.3) is 11.0 Å². The van der Waals surface area contributed by atoms with Crippen LogP contribution in [0.3, 0.4) is 0 Å². The molecule has 0 N–H and O–H groups in total. The van der Waals surface area contributed by atoms with Crippen LogP contribution >= 0.6 is 0 Å². The molecule has 0 spiro atoms. The summed E-state index contributed by atoms with van der Waals surface area (Å²) in [5, 5.41) is 15.0. The Labute approximate surface area is 167 Å². The van der Waals surface area contributed by atoms with Crippen molar-refractivity contribution >= 4 is 39.9 Å². The number of imide groups is 1. The summed E-state index contributed by atoms with van der Waals surface area (Å²) in [6, 6.07) is 11.6. The summed E-state index contributed by atoms with van der Waals surface area (Å²) in [7, 11) is 0. The van der Waals surface area contributed by atoms with Gasteiger partial charge >= 0.3 is 0 Å². The fraction of sp³-hybridized carbons (Fsp3) is 0.100. The maximum absolute atomic E-state index is 13.1. The zero-order chi connectivity index (χ0) is 21.0. The Morgan fingerprint density at radius 2 is 1.73 bits per heavy atom. The van der Waals surface area contributed by atoms with Crippen molar-refractivity contribution in [3.05, 3.63) is 80.7 Å². The predicted octanol–water partition coefficient (Wildman–Crippen LogP) is 1.99. The summed E-state index contributed by atoms with van der Waals surface area (Å²) < 4.78 is 5.48. The third-order valence-corrected chi connectivity index (χ3v) is 5.09. The van der Waals surface area contributed by atoms with Gasteiger partial charge in [-0.3, -0.25) is 24.5 Å². The third-order valence-electron chi connectivity index (χ3n) is 5.09. The van der Waals surface area contributed by atoms with E-state index in [1.807, 2.05) is 0 Å². The number of amides is 2. The van der Waals surface area contributed by atoms with Crippen LogP contribution in [-0.4, -0.2) is 28.6 Å². The number of non-ortho nitro benzene ring substituents is 1. The van der Waals surface area contributed by atoms with Gasteiger partial charge in [0.2, 0.25) is 17.4 Å². The summed E-state index contributed by atoms with van der Waals surface area (Å²) in [6.45, 7) is 0. The predicted molar refractivity (Wildman–Crippen MR) is 103 cm³/mol. The van der Waals surface area contributed by atoms with E-state index in [2.05, 4.69) is 5.16 Å². The van der Waals surface area contributed by atoms with Gasteiger partial charge in [0.1, 0.15) is 23.5 Å². The van der Waals surface area contributed by atoms with Gasteiger partial charge in [-0.25, -0.2) is 4.90 Å². The maximum atomic E-state index is 13.1. The molecular weight excluding hydrogens is 394 g/mol. The molecule has 3 heterocycles. The Morgan fingerprint density at radius 3 is 2.47 bits per heavy atom. The van der Waals surface area contributed by atoms with Gasteiger partial charge in [-0.1, -0.05) is 17.3 Å². The first-order valence-corrected chi connectivity index (χ1v) is 8.84. The summed E-state index contributed by atoms with van der Waals surface area (Å²) in [4.78, 5) is 55.0. The van der Waals surface area contributed by atoms with Crippen LogP contribution < -0.4 is 10.3 Å². The molecule has 1 aromatic heterocycles. The molecule has 3 aromatic rings. The van der Waals surface area contributed by atoms with Crippen molar-refractivity contribution in [3.63, 3.8) is 0 Å². The highest BCUT2D eigenvalue weighted by Gasteiger charge is 2.56. The molecule has 2 aromatic carbocycles. The number of hydrogen-bond acceptors (Lipinski definition) is 8. The summed E-state index contributed by atoms with van der Waals surface area (Å²) in [6.07, 6.45) is -0.0183. The average Bonchev–Trinajstić information content (AvgIpc) is 3.29. The fourth-order valence-corrected chi connectivity index (χ4v) is 3.63. The number of rotatable bonds is 3. The number of para-hydroxylation sites is 1. The summed E-state index contributed by atoms with van der Waals surface area (Å²) in [5.41, 5.74) is 0.0245. The molecule has 148 valence electrons. The molecule has 2 amide bonds. The highest BCUT2D eigenvalue weighted by atomic mass is 16.7. The van der Waals surface area contributed by atoms with E-state index in [1.54, 1.807) is 24.3 Å². The van der Waals surface area contributed by atoms with E-state index in [0.717, 1.165) is 4.90 Å². The van der Waals surface area contributed by atoms with E-state index in [0.29, 0.717) is 11.0 Å². The molecule has 5 rings (SSSR count). The van der Waals surface area contributed by atoms with Crippen molar-refractivity contribution in [3.8, 4) is 0 Å². The monoisotopic (exact) mass is 405 g/mol. The number of anilines is 1. The fourth-order valence-electron chi connectivity index (χ4n) is 3.63. The number of carbonyl (C=O) groups is 2. The first-order chi connectivity index (χ1) is 14.5. The molecule has 30 heavy (non-hydrogen) atoms. The molecule has 10 nitrogen and oxygen atoms in total. The van der Waals surface area contributed by atoms with Crippen molar-refractivity contribution < 1.29 is 23.8 Å². The van der Waals surface area contributed by atoms with Gasteiger partial charge in [0.25, 0.3) is 11.6 Å². The lowest BCUT2D eigenvalue weighted by Gasteiger charge is -2.15. The summed E-state index contributed by atoms with van der Waals surface area (Å²) >= 11 is 0. The zero-order valence-electron chi connectivity index (χ0n) is 15.1. The SMILES string of the molecule is O=C1C2ON=C(c3coc4ccccc4c3=O)C2C(=O)N1c1ccc([N+](=O)[O-])cc1. The van der Waals surface area contributed by atoms with Crippen molar-refractivity contribution in [2.45, 2.75) is 6.10 Å². The normalized spacial score (nSPS) is 20.3. The molecule has 0 bridgehead atoms. The van der Waals surface area contributed by atoms with Gasteiger partial charge in [-0.2, -0.15) is 0 Å². The van der Waals surface area contributed by atoms with Crippen LogP contribution in [0.1, 0.15) is 5.56 Å². The first-order valence-electron chi connectivity index (χ1n) is 8.84. The van der Waals surface area contributed by atoms with E-state index >= 15 is 0 Å². The molecule has 0 saturated carbocycles. The lowest BCUT2D eigenvalue weighted by atomic mass is 9.94. The van der Waals surface area contributed by atoms with Crippen molar-refractivity contribution in [1.82, 2.24) is 0 Å². The van der Waals surface area contributed by atoms with Gasteiger partial charge in [-0.15, -0.1) is 0 Å². The third kappa shape index (κ3) is 2.43. The minimum Gasteiger partial charge on any atom is -0.463 e. The van der Waals surface area contributed by atoms with Gasteiger partial charge in [0.15, 0.2) is 0 Å². The Kier molecular flexibility index (Phi) is 3.75. The van der Waals surface area contributed by atoms with Gasteiger partial charge < -0.3 is 9.25 Å². The van der Waals surface area contributed by atoms with Crippen LogP contribution in [0.15, 0.2) is 69.2 Å². The smallest absolute Gasteiger partial charge is 0.278 e. The van der Waals surface area contributed by atoms with E-state index in [4.69, 9.17) is 9.25 Å². The van der Waals surface area contributed by atoms with Gasteiger partial charge in [0.05, 0.1) is 21.6 Å². The molecule has 2 aliphatic heterocycles. The highest BCUT2D eigenvalue weighted by Crippen LogP contribution is 2.35. The number of nitrogens with zero attached hydrogens (tertiary/aromatic N) is 3. The molecule has 1 fully saturated rings. The van der Waals surface area contributed by atoms with E-state index in [9.17, 15) is 24.5 Å². The maximum Gasteiger partial charge on any atom is 0.278 e. The number of hydrogen-bond donors (Lipinski definition) is 0. The minimum absolute atomic E-state index is 0.0160. The number of nitro groups is 1. The van der Waals surface area contributed by atoms with Crippen LogP contribution in [0.2, 0.25) is 0 Å². The van der Waals surface area contributed by atoms with Gasteiger partial charge in [0, 0.05) is 12.1 Å². The lowest BCUT2D eigenvalue weighted by molar-refractivity contribution is -0.384. The Morgan fingerprint density at radius 1 is 1.00 bits per heavy atom. The van der Waals surface area contributed by atoms with E-state index in [1.165, 1.54) is 30.5 Å². The number of nitro benzene ring substituents is 1. The van der Waals surface area contributed by atoms with Crippen molar-refractivity contribution in [1.29, 1.82) is 0 Å². The number of benzene rings is 2. The number of oxime groups is 1. The Bertz CT molecular complexity index is 1330. The lowest BCUT2D eigenvalue weighted by Crippen LogP contribution is -2.33. The van der Waals surface area contributed by atoms with Crippen LogP contribution in [0.5, 0.6) is 0 Å². The quantitative estimate of drug-likeness (QED) is 0.370. The largest absolute Gasteiger partial charge is 0.463 e. The molecule has 1 saturated heterocycles. The highest BCUT2D eigenvalue weighted by molar-refractivity contribution is 6.32. The van der Waals surface area contributed by atoms with E-state index in [-0.39, 0.29) is 22.6 Å². The Balaban J connectivity index is 1.53. The summed E-state index contributed by atoms with van der Waals surface area (Å²) in [5.74, 6) is -2.41. The molecule has 2 aliphatic rings. The number of fused-ring (bicyclic) bond motifs is 2. The molecule has 0 radical (unpaired) electrons. The first kappa shape index (κ1) is 17.7. The molecule has 2 atom stereocenters. The second kappa shape index (κ2) is 6.34. The van der Waals surface area contributed by atoms with Crippen molar-refractivity contribution in [2.75, 3.05) is 4.90 Å². The topological polar surface area (TPSA) is 132 Å². The van der Waals surface area contributed by atoms with Crippen LogP contribution in [0.4, 0.5) is 11.4 Å². The standard InChI is InChI=1S/C20H11N3O7/c24-17-12-3-1-2-4-14(12)29-9-13(17)16-15-18(30-21-16)20(26)22(19(15)25)10-5-7-11(8-6-10)23(27)28/h1-9,15,18H. The number of carbonyl (C=O) groups excluding carboxylic acids is 2. The Hall–Kier alpha value is -4.34. The van der Waals surface area contributed by atoms with Crippen LogP contribution in [0, 0.1) is 16.0 Å². The minimum atomic E-state index is -1.21. The van der Waals surface area contributed by atoms with Crippen molar-refractivity contribution in [2.24, 2.45) is 11.1 Å². The molecule has 2 unspecified atom stereocenters. The second-order valence-electron chi connectivity index (χ2n) is 6.74. The van der Waals surface area contributed by atoms with Crippen LogP contribution in [-0.2, 0) is 14.4 Å².